The van der Waals surface area contributed by atoms with Gasteiger partial charge in [0.2, 0.25) is 0 Å². The van der Waals surface area contributed by atoms with E-state index in [4.69, 9.17) is 4.43 Å². The van der Waals surface area contributed by atoms with Gasteiger partial charge in [-0.05, 0) is 53.6 Å². The van der Waals surface area contributed by atoms with E-state index in [2.05, 4.69) is 54.6 Å². The zero-order chi connectivity index (χ0) is 17.5. The van der Waals surface area contributed by atoms with Gasteiger partial charge in [0.05, 0.1) is 5.41 Å². The Morgan fingerprint density at radius 2 is 1.74 bits per heavy atom. The fraction of sp³-hybridized carbons (Fsp3) is 0.950. The molecule has 0 bridgehead atoms. The molecule has 0 aliphatic heterocycles. The summed E-state index contributed by atoms with van der Waals surface area (Å²) >= 11 is 0. The molecule has 3 aliphatic carbocycles. The Kier molecular flexibility index (Phi) is 3.47. The molecule has 3 heteroatoms. The van der Waals surface area contributed by atoms with Crippen LogP contribution in [0.3, 0.4) is 0 Å². The summed E-state index contributed by atoms with van der Waals surface area (Å²) in [5.41, 5.74) is 0.511. The third-order valence-corrected chi connectivity index (χ3v) is 13.0. The van der Waals surface area contributed by atoms with Gasteiger partial charge in [0.15, 0.2) is 8.32 Å². The Balaban J connectivity index is 1.90. The highest BCUT2D eigenvalue weighted by molar-refractivity contribution is 6.74. The van der Waals surface area contributed by atoms with E-state index in [0.29, 0.717) is 12.4 Å². The van der Waals surface area contributed by atoms with Gasteiger partial charge >= 0.3 is 0 Å². The maximum absolute atomic E-state index is 13.1. The van der Waals surface area contributed by atoms with E-state index >= 15 is 0 Å². The molecule has 3 fully saturated rings. The van der Waals surface area contributed by atoms with Crippen LogP contribution in [-0.2, 0) is 9.22 Å². The van der Waals surface area contributed by atoms with Gasteiger partial charge in [-0.15, -0.1) is 0 Å². The van der Waals surface area contributed by atoms with E-state index in [-0.39, 0.29) is 26.7 Å². The van der Waals surface area contributed by atoms with Crippen LogP contribution in [-0.4, -0.2) is 20.7 Å². The highest BCUT2D eigenvalue weighted by Gasteiger charge is 2.86. The fourth-order valence-electron chi connectivity index (χ4n) is 6.13. The summed E-state index contributed by atoms with van der Waals surface area (Å²) in [5.74, 6) is 0.508. The number of carbonyl (C=O) groups is 1. The van der Waals surface area contributed by atoms with Gasteiger partial charge in [-0.3, -0.25) is 4.79 Å². The van der Waals surface area contributed by atoms with Crippen molar-refractivity contribution in [2.75, 3.05) is 6.61 Å². The Morgan fingerprint density at radius 3 is 2.30 bits per heavy atom. The zero-order valence-electron chi connectivity index (χ0n) is 16.6. The van der Waals surface area contributed by atoms with Crippen molar-refractivity contribution in [1.29, 1.82) is 0 Å². The molecule has 0 aromatic rings. The van der Waals surface area contributed by atoms with E-state index in [1.54, 1.807) is 0 Å². The van der Waals surface area contributed by atoms with Crippen molar-refractivity contribution >= 4 is 14.1 Å². The van der Waals surface area contributed by atoms with Gasteiger partial charge in [-0.2, -0.15) is 0 Å². The van der Waals surface area contributed by atoms with Gasteiger partial charge in [0.1, 0.15) is 5.78 Å². The predicted octanol–water partition coefficient (Wildman–Crippen LogP) is 5.57. The van der Waals surface area contributed by atoms with Crippen LogP contribution in [0.2, 0.25) is 18.1 Å². The van der Waals surface area contributed by atoms with Crippen molar-refractivity contribution in [3.8, 4) is 0 Å². The average Bonchev–Trinajstić information content (AvgIpc) is 3.01. The molecular weight excluding hydrogens is 300 g/mol. The summed E-state index contributed by atoms with van der Waals surface area (Å²) in [6, 6.07) is 0. The first-order chi connectivity index (χ1) is 10.2. The van der Waals surface area contributed by atoms with E-state index in [1.165, 1.54) is 19.3 Å². The topological polar surface area (TPSA) is 26.3 Å². The minimum atomic E-state index is -1.81. The quantitative estimate of drug-likeness (QED) is 0.629. The summed E-state index contributed by atoms with van der Waals surface area (Å²) in [6.07, 6.45) is 5.63. The largest absolute Gasteiger partial charge is 0.416 e. The van der Waals surface area contributed by atoms with E-state index in [0.717, 1.165) is 12.8 Å². The molecule has 23 heavy (non-hydrogen) atoms. The molecule has 3 aliphatic rings. The summed E-state index contributed by atoms with van der Waals surface area (Å²) in [6.45, 7) is 19.4. The standard InChI is InChI=1S/C20H36O2Si/c1-16(2,3)23(7,8)22-14-19-13-20(19)17(4,5)10-9-11-18(20,6)12-15(19)21/h9-14H2,1-8H3/t18-,19+,20-/m1/s1. The second-order valence-corrected chi connectivity index (χ2v) is 15.9. The van der Waals surface area contributed by atoms with Crippen LogP contribution in [0.4, 0.5) is 0 Å². The molecule has 0 N–H and O–H groups in total. The van der Waals surface area contributed by atoms with Gasteiger partial charge in [0.25, 0.3) is 0 Å². The van der Waals surface area contributed by atoms with Crippen molar-refractivity contribution in [3.05, 3.63) is 0 Å². The first-order valence-electron chi connectivity index (χ1n) is 9.42. The fourth-order valence-corrected chi connectivity index (χ4v) is 7.17. The van der Waals surface area contributed by atoms with Crippen LogP contribution in [0.15, 0.2) is 0 Å². The molecule has 2 nitrogen and oxygen atoms in total. The van der Waals surface area contributed by atoms with E-state index < -0.39 is 8.32 Å². The molecule has 0 aromatic heterocycles. The molecule has 0 saturated heterocycles. The second-order valence-electron chi connectivity index (χ2n) is 11.1. The number of rotatable bonds is 3. The lowest BCUT2D eigenvalue weighted by molar-refractivity contribution is -0.124. The maximum atomic E-state index is 13.1. The minimum Gasteiger partial charge on any atom is -0.416 e. The molecular formula is C20H36O2Si. The Bertz CT molecular complexity index is 544. The summed E-state index contributed by atoms with van der Waals surface area (Å²) < 4.78 is 6.59. The monoisotopic (exact) mass is 336 g/mol. The Morgan fingerprint density at radius 1 is 1.13 bits per heavy atom. The number of Topliss-reactive ketones (excluding diaryl/α,β-unsaturated/α-hetero) is 1. The molecule has 0 aromatic carbocycles. The maximum Gasteiger partial charge on any atom is 0.192 e. The normalized spacial score (nSPS) is 42.3. The smallest absolute Gasteiger partial charge is 0.192 e. The molecule has 0 amide bonds. The SMILES string of the molecule is CC1(C)CCC[C@]2(C)CC(=O)[C@@]3(CO[Si](C)(C)C(C)(C)C)C[C@@]123. The highest BCUT2D eigenvalue weighted by Crippen LogP contribution is 2.87. The average molecular weight is 337 g/mol. The summed E-state index contributed by atoms with van der Waals surface area (Å²) in [7, 11) is -1.81. The van der Waals surface area contributed by atoms with E-state index in [9.17, 15) is 4.79 Å². The van der Waals surface area contributed by atoms with Gasteiger partial charge < -0.3 is 4.43 Å². The zero-order valence-corrected chi connectivity index (χ0v) is 17.6. The van der Waals surface area contributed by atoms with Gasteiger partial charge in [0, 0.05) is 13.0 Å². The number of carbonyl (C=O) groups excluding carboxylic acids is 1. The van der Waals surface area contributed by atoms with Crippen molar-refractivity contribution in [2.45, 2.75) is 91.8 Å². The number of ketones is 1. The Labute approximate surface area is 143 Å². The van der Waals surface area contributed by atoms with Crippen LogP contribution in [0.1, 0.15) is 73.6 Å². The summed E-state index contributed by atoms with van der Waals surface area (Å²) in [4.78, 5) is 13.1. The lowest BCUT2D eigenvalue weighted by Crippen LogP contribution is -2.46. The first kappa shape index (κ1) is 17.7. The molecule has 0 unspecified atom stereocenters. The van der Waals surface area contributed by atoms with Crippen molar-refractivity contribution in [3.63, 3.8) is 0 Å². The highest BCUT2D eigenvalue weighted by atomic mass is 28.4. The molecule has 0 radical (unpaired) electrons. The van der Waals surface area contributed by atoms with Crippen LogP contribution >= 0.6 is 0 Å². The predicted molar refractivity (Wildman–Crippen MR) is 98.0 cm³/mol. The molecule has 3 atom stereocenters. The number of hydrogen-bond acceptors (Lipinski definition) is 2. The third-order valence-electron chi connectivity index (χ3n) is 8.54. The lowest BCUT2D eigenvalue weighted by atomic mass is 9.53. The molecule has 132 valence electrons. The first-order valence-corrected chi connectivity index (χ1v) is 12.3. The van der Waals surface area contributed by atoms with Gasteiger partial charge in [-0.1, -0.05) is 48.0 Å². The Hall–Kier alpha value is -0.153. The molecule has 3 saturated carbocycles. The van der Waals surface area contributed by atoms with E-state index in [1.807, 2.05) is 0 Å². The lowest BCUT2D eigenvalue weighted by Gasteiger charge is -2.51. The van der Waals surface area contributed by atoms with Crippen molar-refractivity contribution < 1.29 is 9.22 Å². The van der Waals surface area contributed by atoms with Crippen molar-refractivity contribution in [2.24, 2.45) is 21.7 Å². The second kappa shape index (κ2) is 4.52. The summed E-state index contributed by atoms with van der Waals surface area (Å²) in [5, 5.41) is 0.207. The third kappa shape index (κ3) is 1.98. The minimum absolute atomic E-state index is 0.165. The molecule has 0 heterocycles. The van der Waals surface area contributed by atoms with Crippen LogP contribution in [0, 0.1) is 21.7 Å². The van der Waals surface area contributed by atoms with Crippen LogP contribution in [0.25, 0.3) is 0 Å². The van der Waals surface area contributed by atoms with Gasteiger partial charge in [-0.25, -0.2) is 0 Å². The van der Waals surface area contributed by atoms with Crippen molar-refractivity contribution in [1.82, 2.24) is 0 Å². The molecule has 3 rings (SSSR count). The van der Waals surface area contributed by atoms with Crippen LogP contribution in [0.5, 0.6) is 0 Å². The van der Waals surface area contributed by atoms with Crippen LogP contribution < -0.4 is 0 Å². The number of hydrogen-bond donors (Lipinski definition) is 0. The molecule has 1 spiro atoms.